The number of nitrogens with two attached hydrogens (primary N) is 1. The van der Waals surface area contributed by atoms with Gasteiger partial charge < -0.3 is 11.1 Å². The average Bonchev–Trinajstić information content (AvgIpc) is 2.32. The third-order valence-electron chi connectivity index (χ3n) is 2.59. The summed E-state index contributed by atoms with van der Waals surface area (Å²) < 4.78 is 35.3. The molecule has 0 aliphatic rings. The predicted octanol–water partition coefficient (Wildman–Crippen LogP) is 1.56. The van der Waals surface area contributed by atoms with Gasteiger partial charge in [-0.25, -0.2) is 12.8 Å². The Labute approximate surface area is 111 Å². The van der Waals surface area contributed by atoms with Crippen molar-refractivity contribution in [3.05, 3.63) is 24.0 Å². The molecular formula is C12H17FN2O3S. The van der Waals surface area contributed by atoms with E-state index < -0.39 is 15.7 Å². The molecule has 1 aromatic rings. The Kier molecular flexibility index (Phi) is 5.29. The first-order valence-corrected chi connectivity index (χ1v) is 7.71. The van der Waals surface area contributed by atoms with Gasteiger partial charge in [0.1, 0.15) is 15.7 Å². The number of hydrogen-bond donors (Lipinski definition) is 2. The van der Waals surface area contributed by atoms with Gasteiger partial charge in [0.15, 0.2) is 0 Å². The smallest absolute Gasteiger partial charge is 0.224 e. The molecule has 106 valence electrons. The average molecular weight is 288 g/mol. The molecule has 0 fully saturated rings. The summed E-state index contributed by atoms with van der Waals surface area (Å²) in [4.78, 5) is 11.6. The lowest BCUT2D eigenvalue weighted by atomic mass is 10.2. The standard InChI is InChI=1S/C12H17FN2O3S/c1-2-19(17,18)7-3-4-12(16)15-11-6-5-9(13)8-10(11)14/h5-6,8H,2-4,7,14H2,1H3,(H,15,16). The zero-order chi connectivity index (χ0) is 14.5. The molecule has 0 aromatic heterocycles. The zero-order valence-electron chi connectivity index (χ0n) is 10.6. The van der Waals surface area contributed by atoms with Crippen LogP contribution in [0, 0.1) is 5.82 Å². The fourth-order valence-corrected chi connectivity index (χ4v) is 2.33. The number of rotatable bonds is 6. The summed E-state index contributed by atoms with van der Waals surface area (Å²) in [6, 6.07) is 3.66. The molecule has 0 aliphatic heterocycles. The fourth-order valence-electron chi connectivity index (χ4n) is 1.46. The van der Waals surface area contributed by atoms with Crippen molar-refractivity contribution in [3.63, 3.8) is 0 Å². The van der Waals surface area contributed by atoms with Crippen LogP contribution in [-0.4, -0.2) is 25.8 Å². The molecule has 7 heteroatoms. The molecule has 5 nitrogen and oxygen atoms in total. The number of carbonyl (C=O) groups excluding carboxylic acids is 1. The van der Waals surface area contributed by atoms with Crippen molar-refractivity contribution in [3.8, 4) is 0 Å². The highest BCUT2D eigenvalue weighted by atomic mass is 32.2. The summed E-state index contributed by atoms with van der Waals surface area (Å²) in [7, 11) is -3.06. The largest absolute Gasteiger partial charge is 0.397 e. The molecule has 0 heterocycles. The number of hydrogen-bond acceptors (Lipinski definition) is 4. The van der Waals surface area contributed by atoms with E-state index in [0.717, 1.165) is 6.07 Å². The van der Waals surface area contributed by atoms with Crippen LogP contribution < -0.4 is 11.1 Å². The van der Waals surface area contributed by atoms with Crippen molar-refractivity contribution >= 4 is 27.1 Å². The summed E-state index contributed by atoms with van der Waals surface area (Å²) >= 11 is 0. The molecule has 0 bridgehead atoms. The summed E-state index contributed by atoms with van der Waals surface area (Å²) in [5.41, 5.74) is 6.00. The van der Waals surface area contributed by atoms with Gasteiger partial charge in [0.25, 0.3) is 0 Å². The predicted molar refractivity (Wildman–Crippen MR) is 73.0 cm³/mol. The lowest BCUT2D eigenvalue weighted by Crippen LogP contribution is -2.15. The van der Waals surface area contributed by atoms with Crippen molar-refractivity contribution < 1.29 is 17.6 Å². The highest BCUT2D eigenvalue weighted by Crippen LogP contribution is 2.19. The highest BCUT2D eigenvalue weighted by molar-refractivity contribution is 7.91. The second kappa shape index (κ2) is 6.51. The van der Waals surface area contributed by atoms with E-state index in [1.165, 1.54) is 12.1 Å². The van der Waals surface area contributed by atoms with Crippen LogP contribution in [0.25, 0.3) is 0 Å². The molecule has 1 aromatic carbocycles. The first-order chi connectivity index (χ1) is 8.84. The Morgan fingerprint density at radius 1 is 1.42 bits per heavy atom. The number of nitrogen functional groups attached to an aromatic ring is 1. The zero-order valence-corrected chi connectivity index (χ0v) is 11.5. The number of carbonyl (C=O) groups is 1. The van der Waals surface area contributed by atoms with E-state index >= 15 is 0 Å². The van der Waals surface area contributed by atoms with Crippen LogP contribution in [-0.2, 0) is 14.6 Å². The minimum atomic E-state index is -3.06. The van der Waals surface area contributed by atoms with Crippen LogP contribution in [0.2, 0.25) is 0 Å². The molecule has 0 aliphatic carbocycles. The van der Waals surface area contributed by atoms with E-state index in [0.29, 0.717) is 5.69 Å². The Bertz CT molecular complexity index is 558. The van der Waals surface area contributed by atoms with Gasteiger partial charge in [0.2, 0.25) is 5.91 Å². The van der Waals surface area contributed by atoms with Crippen molar-refractivity contribution in [1.29, 1.82) is 0 Å². The molecule has 1 rings (SSSR count). The maximum Gasteiger partial charge on any atom is 0.224 e. The van der Waals surface area contributed by atoms with E-state index in [1.807, 2.05) is 0 Å². The molecule has 1 amide bonds. The Balaban J connectivity index is 2.48. The molecular weight excluding hydrogens is 271 g/mol. The van der Waals surface area contributed by atoms with Crippen LogP contribution in [0.5, 0.6) is 0 Å². The Morgan fingerprint density at radius 2 is 2.11 bits per heavy atom. The van der Waals surface area contributed by atoms with Crippen LogP contribution in [0.15, 0.2) is 18.2 Å². The first kappa shape index (κ1) is 15.4. The monoisotopic (exact) mass is 288 g/mol. The normalized spacial score (nSPS) is 11.3. The Morgan fingerprint density at radius 3 is 2.68 bits per heavy atom. The van der Waals surface area contributed by atoms with Crippen molar-refractivity contribution in [1.82, 2.24) is 0 Å². The summed E-state index contributed by atoms with van der Waals surface area (Å²) in [5.74, 6) is -0.774. The topological polar surface area (TPSA) is 89.3 Å². The van der Waals surface area contributed by atoms with Crippen LogP contribution in [0.4, 0.5) is 15.8 Å². The third kappa shape index (κ3) is 5.25. The van der Waals surface area contributed by atoms with E-state index in [-0.39, 0.29) is 35.9 Å². The summed E-state index contributed by atoms with van der Waals surface area (Å²) in [6.07, 6.45) is 0.332. The number of halogens is 1. The molecule has 0 atom stereocenters. The minimum absolute atomic E-state index is 0.0180. The van der Waals surface area contributed by atoms with Gasteiger partial charge >= 0.3 is 0 Å². The molecule has 3 N–H and O–H groups in total. The molecule has 19 heavy (non-hydrogen) atoms. The van der Waals surface area contributed by atoms with E-state index in [4.69, 9.17) is 5.73 Å². The van der Waals surface area contributed by atoms with Gasteiger partial charge in [-0.3, -0.25) is 4.79 Å². The number of anilines is 2. The van der Waals surface area contributed by atoms with E-state index in [2.05, 4.69) is 5.32 Å². The van der Waals surface area contributed by atoms with Gasteiger partial charge in [0, 0.05) is 12.2 Å². The lowest BCUT2D eigenvalue weighted by molar-refractivity contribution is -0.116. The van der Waals surface area contributed by atoms with Crippen molar-refractivity contribution in [2.24, 2.45) is 0 Å². The van der Waals surface area contributed by atoms with Gasteiger partial charge in [-0.2, -0.15) is 0 Å². The summed E-state index contributed by atoms with van der Waals surface area (Å²) in [6.45, 7) is 1.56. The Hall–Kier alpha value is -1.63. The van der Waals surface area contributed by atoms with Crippen molar-refractivity contribution in [2.45, 2.75) is 19.8 Å². The SMILES string of the molecule is CCS(=O)(=O)CCCC(=O)Nc1ccc(F)cc1N. The molecule has 0 saturated carbocycles. The highest BCUT2D eigenvalue weighted by Gasteiger charge is 2.10. The first-order valence-electron chi connectivity index (χ1n) is 5.89. The fraction of sp³-hybridized carbons (Fsp3) is 0.417. The minimum Gasteiger partial charge on any atom is -0.397 e. The van der Waals surface area contributed by atoms with Crippen LogP contribution in [0.3, 0.4) is 0 Å². The second-order valence-electron chi connectivity index (χ2n) is 4.12. The number of benzene rings is 1. The number of amides is 1. The van der Waals surface area contributed by atoms with Gasteiger partial charge in [-0.05, 0) is 24.6 Å². The van der Waals surface area contributed by atoms with Gasteiger partial charge in [0.05, 0.1) is 17.1 Å². The maximum atomic E-state index is 12.8. The van der Waals surface area contributed by atoms with Gasteiger partial charge in [-0.1, -0.05) is 6.92 Å². The quantitative estimate of drug-likeness (QED) is 0.777. The number of sulfone groups is 1. The molecule has 0 radical (unpaired) electrons. The van der Waals surface area contributed by atoms with Crippen molar-refractivity contribution in [2.75, 3.05) is 22.6 Å². The van der Waals surface area contributed by atoms with Crippen LogP contribution >= 0.6 is 0 Å². The van der Waals surface area contributed by atoms with E-state index in [9.17, 15) is 17.6 Å². The van der Waals surface area contributed by atoms with Crippen LogP contribution in [0.1, 0.15) is 19.8 Å². The molecule has 0 saturated heterocycles. The maximum absolute atomic E-state index is 12.8. The second-order valence-corrected chi connectivity index (χ2v) is 6.59. The third-order valence-corrected chi connectivity index (χ3v) is 4.38. The molecule has 0 spiro atoms. The lowest BCUT2D eigenvalue weighted by Gasteiger charge is -2.08. The number of nitrogens with one attached hydrogen (secondary N) is 1. The van der Waals surface area contributed by atoms with E-state index in [1.54, 1.807) is 6.92 Å². The summed E-state index contributed by atoms with van der Waals surface area (Å²) in [5, 5.41) is 2.52. The molecule has 0 unspecified atom stereocenters. The van der Waals surface area contributed by atoms with Gasteiger partial charge in [-0.15, -0.1) is 0 Å².